The predicted octanol–water partition coefficient (Wildman–Crippen LogP) is 4.48. The number of hydrazone groups is 1. The molecule has 1 aromatic heterocycles. The fraction of sp³-hybridized carbons (Fsp3) is 0.238. The zero-order valence-electron chi connectivity index (χ0n) is 18.3. The number of non-ortho nitro benzene ring substituents is 1. The molecule has 0 aliphatic carbocycles. The van der Waals surface area contributed by atoms with Crippen LogP contribution < -0.4 is 15.6 Å². The highest BCUT2D eigenvalue weighted by Crippen LogP contribution is 2.30. The quantitative estimate of drug-likeness (QED) is 0.178. The van der Waals surface area contributed by atoms with Crippen molar-refractivity contribution in [2.75, 3.05) is 28.7 Å². The smallest absolute Gasteiger partial charge is 0.271 e. The molecule has 0 saturated carbocycles. The van der Waals surface area contributed by atoms with E-state index in [0.717, 1.165) is 11.1 Å². The number of aromatic hydroxyl groups is 1. The zero-order valence-corrected chi connectivity index (χ0v) is 19.0. The second kappa shape index (κ2) is 10.6. The Hall–Kier alpha value is -3.99. The summed E-state index contributed by atoms with van der Waals surface area (Å²) < 4.78 is 0. The lowest BCUT2D eigenvalue weighted by molar-refractivity contribution is -0.384. The third kappa shape index (κ3) is 6.04. The topological polar surface area (TPSA) is 142 Å². The van der Waals surface area contributed by atoms with E-state index in [9.17, 15) is 15.2 Å². The third-order valence-corrected chi connectivity index (χ3v) is 5.09. The van der Waals surface area contributed by atoms with Crippen molar-refractivity contribution >= 4 is 47.0 Å². The molecule has 3 aromatic rings. The van der Waals surface area contributed by atoms with Gasteiger partial charge in [0.15, 0.2) is 0 Å². The van der Waals surface area contributed by atoms with E-state index in [2.05, 4.69) is 30.8 Å². The maximum Gasteiger partial charge on any atom is 0.271 e. The number of nitrogens with one attached hydrogen (secondary N) is 2. The molecule has 33 heavy (non-hydrogen) atoms. The Balaban J connectivity index is 1.91. The molecule has 3 N–H and O–H groups in total. The van der Waals surface area contributed by atoms with E-state index in [1.807, 2.05) is 37.8 Å². The Morgan fingerprint density at radius 3 is 2.55 bits per heavy atom. The van der Waals surface area contributed by atoms with E-state index in [1.54, 1.807) is 12.3 Å². The molecule has 0 saturated heterocycles. The van der Waals surface area contributed by atoms with Crippen LogP contribution in [0, 0.1) is 17.0 Å². The van der Waals surface area contributed by atoms with Crippen LogP contribution in [0.3, 0.4) is 0 Å². The number of hydrogen-bond donors (Lipinski definition) is 3. The fourth-order valence-electron chi connectivity index (χ4n) is 2.83. The first-order valence-corrected chi connectivity index (χ1v) is 10.5. The van der Waals surface area contributed by atoms with Gasteiger partial charge in [-0.25, -0.2) is 5.43 Å². The average molecular weight is 471 g/mol. The largest absolute Gasteiger partial charge is 0.506 e. The van der Waals surface area contributed by atoms with Gasteiger partial charge in [-0.15, -0.1) is 0 Å². The van der Waals surface area contributed by atoms with Crippen molar-refractivity contribution in [3.05, 3.63) is 62.7 Å². The molecule has 0 bridgehead atoms. The van der Waals surface area contributed by atoms with Crippen LogP contribution in [-0.2, 0) is 0 Å². The molecular formula is C21H23ClN8O3. The number of nitro benzene ring substituents is 1. The molecular weight excluding hydrogens is 448 g/mol. The minimum Gasteiger partial charge on any atom is -0.506 e. The van der Waals surface area contributed by atoms with Gasteiger partial charge in [0.05, 0.1) is 16.8 Å². The number of nitrogens with zero attached hydrogens (tertiary/aromatic N) is 6. The highest BCUT2D eigenvalue weighted by atomic mass is 35.5. The number of halogens is 1. The number of aromatic nitrogens is 3. The van der Waals surface area contributed by atoms with E-state index in [1.165, 1.54) is 18.2 Å². The SMILES string of the molecule is CCN(CC)c1nc(NN=Cc2ccc(C)c(Cl)c2)nc(Nc2cc([N+](=O)[O-])ccc2O)n1. The second-order valence-electron chi connectivity index (χ2n) is 6.92. The Labute approximate surface area is 195 Å². The summed E-state index contributed by atoms with van der Waals surface area (Å²) in [6.07, 6.45) is 1.58. The normalized spacial score (nSPS) is 10.9. The number of phenols is 1. The molecule has 12 heteroatoms. The Kier molecular flexibility index (Phi) is 7.57. The molecule has 3 rings (SSSR count). The summed E-state index contributed by atoms with van der Waals surface area (Å²) in [6, 6.07) is 9.17. The monoisotopic (exact) mass is 470 g/mol. The first kappa shape index (κ1) is 23.7. The fourth-order valence-corrected chi connectivity index (χ4v) is 3.02. The van der Waals surface area contributed by atoms with Gasteiger partial charge in [-0.1, -0.05) is 23.7 Å². The molecule has 0 fully saturated rings. The third-order valence-electron chi connectivity index (χ3n) is 4.68. The number of phenolic OH excluding ortho intramolecular Hbond substituents is 1. The summed E-state index contributed by atoms with van der Waals surface area (Å²) in [4.78, 5) is 25.5. The van der Waals surface area contributed by atoms with E-state index in [0.29, 0.717) is 24.1 Å². The van der Waals surface area contributed by atoms with Gasteiger partial charge in [0, 0.05) is 30.2 Å². The minimum absolute atomic E-state index is 0.0822. The molecule has 0 spiro atoms. The molecule has 0 amide bonds. The maximum absolute atomic E-state index is 11.1. The van der Waals surface area contributed by atoms with Crippen LogP contribution >= 0.6 is 11.6 Å². The number of aryl methyl sites for hydroxylation is 1. The number of benzene rings is 2. The van der Waals surface area contributed by atoms with Crippen molar-refractivity contribution in [1.82, 2.24) is 15.0 Å². The Morgan fingerprint density at radius 2 is 1.88 bits per heavy atom. The average Bonchev–Trinajstić information content (AvgIpc) is 2.78. The van der Waals surface area contributed by atoms with Crippen LogP contribution in [0.2, 0.25) is 5.02 Å². The van der Waals surface area contributed by atoms with Crippen molar-refractivity contribution < 1.29 is 10.0 Å². The number of rotatable bonds is 9. The molecule has 172 valence electrons. The minimum atomic E-state index is -0.557. The van der Waals surface area contributed by atoms with Crippen LogP contribution in [0.4, 0.5) is 29.2 Å². The molecule has 2 aromatic carbocycles. The number of hydrogen-bond acceptors (Lipinski definition) is 10. The lowest BCUT2D eigenvalue weighted by atomic mass is 10.2. The molecule has 0 radical (unpaired) electrons. The summed E-state index contributed by atoms with van der Waals surface area (Å²) in [5, 5.41) is 28.8. The second-order valence-corrected chi connectivity index (χ2v) is 7.32. The van der Waals surface area contributed by atoms with Crippen LogP contribution in [0.15, 0.2) is 41.5 Å². The standard InChI is InChI=1S/C21H23ClN8O3/c1-4-29(5-2)21-26-19(24-17-11-15(30(32)33)8-9-18(17)31)25-20(27-21)28-23-12-14-7-6-13(3)16(22)10-14/h6-12,31H,4-5H2,1-3H3,(H2,24,25,26,27,28). The van der Waals surface area contributed by atoms with Crippen molar-refractivity contribution in [1.29, 1.82) is 0 Å². The number of anilines is 4. The Bertz CT molecular complexity index is 1180. The predicted molar refractivity (Wildman–Crippen MR) is 129 cm³/mol. The van der Waals surface area contributed by atoms with Gasteiger partial charge < -0.3 is 15.3 Å². The van der Waals surface area contributed by atoms with E-state index < -0.39 is 4.92 Å². The summed E-state index contributed by atoms with van der Waals surface area (Å²) in [6.45, 7) is 7.12. The highest BCUT2D eigenvalue weighted by molar-refractivity contribution is 6.31. The Morgan fingerprint density at radius 1 is 1.15 bits per heavy atom. The van der Waals surface area contributed by atoms with E-state index in [4.69, 9.17) is 11.6 Å². The maximum atomic E-state index is 11.1. The van der Waals surface area contributed by atoms with Crippen molar-refractivity contribution in [3.63, 3.8) is 0 Å². The molecule has 11 nitrogen and oxygen atoms in total. The van der Waals surface area contributed by atoms with Crippen molar-refractivity contribution in [2.24, 2.45) is 5.10 Å². The summed E-state index contributed by atoms with van der Waals surface area (Å²) in [5.74, 6) is 0.417. The lowest BCUT2D eigenvalue weighted by Gasteiger charge is -2.19. The van der Waals surface area contributed by atoms with E-state index in [-0.39, 0.29) is 29.0 Å². The summed E-state index contributed by atoms with van der Waals surface area (Å²) in [7, 11) is 0. The van der Waals surface area contributed by atoms with Gasteiger partial charge in [-0.2, -0.15) is 20.1 Å². The lowest BCUT2D eigenvalue weighted by Crippen LogP contribution is -2.25. The summed E-state index contributed by atoms with van der Waals surface area (Å²) in [5.41, 5.74) is 4.42. The highest BCUT2D eigenvalue weighted by Gasteiger charge is 2.15. The molecule has 0 aliphatic rings. The number of nitro groups is 1. The molecule has 1 heterocycles. The van der Waals surface area contributed by atoms with Gasteiger partial charge >= 0.3 is 0 Å². The van der Waals surface area contributed by atoms with Gasteiger partial charge in [0.25, 0.3) is 5.69 Å². The summed E-state index contributed by atoms with van der Waals surface area (Å²) >= 11 is 6.15. The molecule has 0 atom stereocenters. The van der Waals surface area contributed by atoms with Crippen LogP contribution in [-0.4, -0.2) is 44.3 Å². The van der Waals surface area contributed by atoms with E-state index >= 15 is 0 Å². The van der Waals surface area contributed by atoms with Crippen LogP contribution in [0.5, 0.6) is 5.75 Å². The van der Waals surface area contributed by atoms with Gasteiger partial charge in [-0.05, 0) is 44.0 Å². The van der Waals surface area contributed by atoms with Crippen molar-refractivity contribution in [2.45, 2.75) is 20.8 Å². The van der Waals surface area contributed by atoms with Crippen molar-refractivity contribution in [3.8, 4) is 5.75 Å². The van der Waals surface area contributed by atoms with Gasteiger partial charge in [0.1, 0.15) is 5.75 Å². The van der Waals surface area contributed by atoms with Gasteiger partial charge in [0.2, 0.25) is 17.8 Å². The van der Waals surface area contributed by atoms with Gasteiger partial charge in [-0.3, -0.25) is 10.1 Å². The molecule has 0 aliphatic heterocycles. The first-order valence-electron chi connectivity index (χ1n) is 10.1. The van der Waals surface area contributed by atoms with Crippen LogP contribution in [0.1, 0.15) is 25.0 Å². The zero-order chi connectivity index (χ0) is 24.0. The molecule has 0 unspecified atom stereocenters. The van der Waals surface area contributed by atoms with Crippen LogP contribution in [0.25, 0.3) is 0 Å². The first-order chi connectivity index (χ1) is 15.8.